The minimum absolute atomic E-state index is 0.0627. The second-order valence-corrected chi connectivity index (χ2v) is 4.13. The zero-order valence-corrected chi connectivity index (χ0v) is 9.80. The fraction of sp³-hybridized carbons (Fsp3) is 0.556. The van der Waals surface area contributed by atoms with E-state index in [4.69, 9.17) is 27.9 Å². The van der Waals surface area contributed by atoms with Crippen molar-refractivity contribution >= 4 is 23.2 Å². The van der Waals surface area contributed by atoms with Crippen LogP contribution in [-0.4, -0.2) is 16.3 Å². The van der Waals surface area contributed by atoms with Crippen LogP contribution >= 0.6 is 23.2 Å². The summed E-state index contributed by atoms with van der Waals surface area (Å²) in [6.45, 7) is 6.10. The van der Waals surface area contributed by atoms with Gasteiger partial charge in [0.1, 0.15) is 0 Å². The lowest BCUT2D eigenvalue weighted by atomic mass is 10.1. The summed E-state index contributed by atoms with van der Waals surface area (Å²) in [5.41, 5.74) is 0. The van der Waals surface area contributed by atoms with Gasteiger partial charge in [0.05, 0.1) is 6.10 Å². The SMILES string of the molecule is CC(C)C(C)Oc1cc(Cl)nnc1Cl. The second kappa shape index (κ2) is 4.80. The van der Waals surface area contributed by atoms with Gasteiger partial charge in [-0.2, -0.15) is 0 Å². The van der Waals surface area contributed by atoms with E-state index in [9.17, 15) is 0 Å². The summed E-state index contributed by atoms with van der Waals surface area (Å²) in [4.78, 5) is 0. The van der Waals surface area contributed by atoms with Crippen LogP contribution in [0.5, 0.6) is 5.75 Å². The number of hydrogen-bond acceptors (Lipinski definition) is 3. The van der Waals surface area contributed by atoms with Crippen molar-refractivity contribution in [3.8, 4) is 5.75 Å². The zero-order chi connectivity index (χ0) is 10.7. The highest BCUT2D eigenvalue weighted by Crippen LogP contribution is 2.25. The molecule has 0 aliphatic carbocycles. The first kappa shape index (κ1) is 11.5. The molecule has 78 valence electrons. The molecule has 1 aromatic rings. The lowest BCUT2D eigenvalue weighted by Gasteiger charge is -2.18. The molecule has 1 aromatic heterocycles. The Morgan fingerprint density at radius 2 is 1.86 bits per heavy atom. The monoisotopic (exact) mass is 234 g/mol. The first-order valence-corrected chi connectivity index (χ1v) is 5.11. The van der Waals surface area contributed by atoms with E-state index in [1.165, 1.54) is 0 Å². The van der Waals surface area contributed by atoms with Crippen LogP contribution in [0.3, 0.4) is 0 Å². The number of aromatic nitrogens is 2. The molecule has 0 amide bonds. The van der Waals surface area contributed by atoms with Crippen molar-refractivity contribution in [2.45, 2.75) is 26.9 Å². The Balaban J connectivity index is 2.80. The molecule has 0 aromatic carbocycles. The summed E-state index contributed by atoms with van der Waals surface area (Å²) in [7, 11) is 0. The summed E-state index contributed by atoms with van der Waals surface area (Å²) < 4.78 is 5.57. The van der Waals surface area contributed by atoms with Gasteiger partial charge in [-0.25, -0.2) is 0 Å². The van der Waals surface area contributed by atoms with Crippen LogP contribution < -0.4 is 4.74 Å². The first-order chi connectivity index (χ1) is 6.50. The van der Waals surface area contributed by atoms with E-state index in [0.29, 0.717) is 11.7 Å². The third-order valence-electron chi connectivity index (χ3n) is 1.94. The molecule has 0 aliphatic heterocycles. The molecule has 1 rings (SSSR count). The van der Waals surface area contributed by atoms with Crippen LogP contribution in [0.2, 0.25) is 10.3 Å². The van der Waals surface area contributed by atoms with Crippen LogP contribution in [-0.2, 0) is 0 Å². The number of hydrogen-bond donors (Lipinski definition) is 0. The van der Waals surface area contributed by atoms with E-state index in [1.807, 2.05) is 6.92 Å². The van der Waals surface area contributed by atoms with Gasteiger partial charge in [-0.15, -0.1) is 10.2 Å². The van der Waals surface area contributed by atoms with Crippen molar-refractivity contribution < 1.29 is 4.74 Å². The van der Waals surface area contributed by atoms with E-state index in [0.717, 1.165) is 0 Å². The maximum Gasteiger partial charge on any atom is 0.193 e. The smallest absolute Gasteiger partial charge is 0.193 e. The molecule has 1 atom stereocenters. The molecular formula is C9H12Cl2N2O. The Bertz CT molecular complexity index is 318. The van der Waals surface area contributed by atoms with Crippen LogP contribution in [0.4, 0.5) is 0 Å². The highest BCUT2D eigenvalue weighted by molar-refractivity contribution is 6.32. The fourth-order valence-corrected chi connectivity index (χ4v) is 1.03. The molecule has 3 nitrogen and oxygen atoms in total. The highest BCUT2D eigenvalue weighted by atomic mass is 35.5. The molecule has 0 radical (unpaired) electrons. The summed E-state index contributed by atoms with van der Waals surface area (Å²) in [5.74, 6) is 0.880. The van der Waals surface area contributed by atoms with Crippen LogP contribution in [0.25, 0.3) is 0 Å². The number of halogens is 2. The lowest BCUT2D eigenvalue weighted by Crippen LogP contribution is -2.19. The van der Waals surface area contributed by atoms with Gasteiger partial charge in [-0.05, 0) is 12.8 Å². The Morgan fingerprint density at radius 3 is 2.43 bits per heavy atom. The average molecular weight is 235 g/mol. The quantitative estimate of drug-likeness (QED) is 0.806. The van der Waals surface area contributed by atoms with E-state index in [-0.39, 0.29) is 16.4 Å². The van der Waals surface area contributed by atoms with Gasteiger partial charge >= 0.3 is 0 Å². The van der Waals surface area contributed by atoms with Crippen LogP contribution in [0.1, 0.15) is 20.8 Å². The van der Waals surface area contributed by atoms with Gasteiger partial charge in [0, 0.05) is 6.07 Å². The molecular weight excluding hydrogens is 223 g/mol. The Morgan fingerprint density at radius 1 is 1.21 bits per heavy atom. The summed E-state index contributed by atoms with van der Waals surface area (Å²) in [5, 5.41) is 7.76. The molecule has 0 fully saturated rings. The minimum atomic E-state index is 0.0627. The van der Waals surface area contributed by atoms with Crippen molar-refractivity contribution in [2.75, 3.05) is 0 Å². The molecule has 0 saturated carbocycles. The molecule has 0 N–H and O–H groups in total. The molecule has 0 spiro atoms. The largest absolute Gasteiger partial charge is 0.487 e. The second-order valence-electron chi connectivity index (χ2n) is 3.39. The van der Waals surface area contributed by atoms with Crippen LogP contribution in [0, 0.1) is 5.92 Å². The normalized spacial score (nSPS) is 13.0. The van der Waals surface area contributed by atoms with Crippen molar-refractivity contribution in [2.24, 2.45) is 5.92 Å². The Labute approximate surface area is 93.4 Å². The maximum atomic E-state index is 5.79. The summed E-state index contributed by atoms with van der Waals surface area (Å²) in [6.07, 6.45) is 0.0627. The molecule has 5 heteroatoms. The fourth-order valence-electron chi connectivity index (χ4n) is 0.757. The van der Waals surface area contributed by atoms with Gasteiger partial charge in [0.25, 0.3) is 0 Å². The number of ether oxygens (including phenoxy) is 1. The topological polar surface area (TPSA) is 35.0 Å². The van der Waals surface area contributed by atoms with Crippen molar-refractivity contribution in [3.63, 3.8) is 0 Å². The molecule has 0 aliphatic rings. The molecule has 1 unspecified atom stereocenters. The predicted octanol–water partition coefficient (Wildman–Crippen LogP) is 3.21. The van der Waals surface area contributed by atoms with E-state index < -0.39 is 0 Å². The summed E-state index contributed by atoms with van der Waals surface area (Å²) >= 11 is 11.5. The molecule has 0 saturated heterocycles. The van der Waals surface area contributed by atoms with Gasteiger partial charge in [0.2, 0.25) is 0 Å². The molecule has 14 heavy (non-hydrogen) atoms. The number of rotatable bonds is 3. The number of nitrogens with zero attached hydrogens (tertiary/aromatic N) is 2. The lowest BCUT2D eigenvalue weighted by molar-refractivity contribution is 0.169. The third kappa shape index (κ3) is 3.00. The van der Waals surface area contributed by atoms with Gasteiger partial charge in [-0.1, -0.05) is 37.0 Å². The summed E-state index contributed by atoms with van der Waals surface area (Å²) in [6, 6.07) is 1.57. The standard InChI is InChI=1S/C9H12Cl2N2O/c1-5(2)6(3)14-7-4-8(10)12-13-9(7)11/h4-6H,1-3H3. The molecule has 0 bridgehead atoms. The van der Waals surface area contributed by atoms with Gasteiger partial charge in [0.15, 0.2) is 16.1 Å². The minimum Gasteiger partial charge on any atom is -0.487 e. The third-order valence-corrected chi connectivity index (χ3v) is 2.39. The van der Waals surface area contributed by atoms with E-state index >= 15 is 0 Å². The highest BCUT2D eigenvalue weighted by Gasteiger charge is 2.12. The van der Waals surface area contributed by atoms with Gasteiger partial charge in [-0.3, -0.25) is 0 Å². The first-order valence-electron chi connectivity index (χ1n) is 4.36. The van der Waals surface area contributed by atoms with Crippen molar-refractivity contribution in [1.82, 2.24) is 10.2 Å². The molecule has 1 heterocycles. The maximum absolute atomic E-state index is 5.79. The average Bonchev–Trinajstić information content (AvgIpc) is 2.11. The zero-order valence-electron chi connectivity index (χ0n) is 8.29. The van der Waals surface area contributed by atoms with Crippen molar-refractivity contribution in [3.05, 3.63) is 16.4 Å². The van der Waals surface area contributed by atoms with E-state index in [1.54, 1.807) is 6.07 Å². The van der Waals surface area contributed by atoms with E-state index in [2.05, 4.69) is 24.0 Å². The van der Waals surface area contributed by atoms with Crippen LogP contribution in [0.15, 0.2) is 6.07 Å². The Hall–Kier alpha value is -0.540. The van der Waals surface area contributed by atoms with Gasteiger partial charge < -0.3 is 4.74 Å². The van der Waals surface area contributed by atoms with Crippen molar-refractivity contribution in [1.29, 1.82) is 0 Å². The predicted molar refractivity (Wildman–Crippen MR) is 57.0 cm³/mol. The Kier molecular flexibility index (Phi) is 3.96.